The topological polar surface area (TPSA) is 3.24 Å². The first kappa shape index (κ1) is 11.3. The molecule has 0 bridgehead atoms. The van der Waals surface area contributed by atoms with E-state index in [0.29, 0.717) is 4.32 Å². The normalized spacial score (nSPS) is 6.71. The predicted molar refractivity (Wildman–Crippen MR) is 41.4 cm³/mol. The molecule has 0 unspecified atom stereocenters. The number of thiol groups is 3. The van der Waals surface area contributed by atoms with Crippen LogP contribution in [0.5, 0.6) is 0 Å². The molecule has 0 radical (unpaired) electrons. The van der Waals surface area contributed by atoms with Crippen LogP contribution in [0.1, 0.15) is 0 Å². The number of nitrogens with zero attached hydrogens (tertiary/aromatic N) is 1. The van der Waals surface area contributed by atoms with Crippen molar-refractivity contribution in [1.82, 2.24) is 3.71 Å². The quantitative estimate of drug-likeness (QED) is 0.317. The number of hydrogen-bond donors (Lipinski definition) is 3. The number of rotatable bonds is 0. The van der Waals surface area contributed by atoms with Gasteiger partial charge in [-0.2, -0.15) is 0 Å². The van der Waals surface area contributed by atoms with Crippen LogP contribution in [0.25, 0.3) is 0 Å². The van der Waals surface area contributed by atoms with Crippen LogP contribution in [-0.2, 0) is 16.5 Å². The van der Waals surface area contributed by atoms with E-state index in [4.69, 9.17) is 0 Å². The summed E-state index contributed by atoms with van der Waals surface area (Å²) in [5.74, 6) is 0. The van der Waals surface area contributed by atoms with Crippen LogP contribution in [0.15, 0.2) is 0 Å². The molecule has 0 fully saturated rings. The third-order valence-corrected chi connectivity index (χ3v) is 1.54. The Morgan fingerprint density at radius 2 is 1.57 bits per heavy atom. The van der Waals surface area contributed by atoms with Gasteiger partial charge in [0.05, 0.1) is 0 Å². The fraction of sp³-hybridized carbons (Fsp3) is 0. The second kappa shape index (κ2) is 5.57. The summed E-state index contributed by atoms with van der Waals surface area (Å²) < 4.78 is 1.50. The van der Waals surface area contributed by atoms with E-state index in [1.807, 2.05) is 0 Å². The Labute approximate surface area is 74.6 Å². The molecule has 0 amide bonds. The van der Waals surface area contributed by atoms with Gasteiger partial charge in [0.1, 0.15) is 0 Å². The van der Waals surface area contributed by atoms with Gasteiger partial charge in [-0.05, 0) is 0 Å². The average molecular weight is 216 g/mol. The second-order valence-corrected chi connectivity index (χ2v) is 2.80. The average Bonchev–Trinajstić information content (AvgIpc) is 1.36. The summed E-state index contributed by atoms with van der Waals surface area (Å²) in [6, 6.07) is 0. The molecule has 0 rings (SSSR count). The van der Waals surface area contributed by atoms with Crippen LogP contribution in [0.3, 0.4) is 0 Å². The largest absolute Gasteiger partial charge is 0.248 e. The van der Waals surface area contributed by atoms with E-state index in [0.717, 1.165) is 3.71 Å². The summed E-state index contributed by atoms with van der Waals surface area (Å²) in [5.41, 5.74) is 0. The minimum Gasteiger partial charge on any atom is -0.248 e. The van der Waals surface area contributed by atoms with Crippen molar-refractivity contribution in [3.63, 3.8) is 0 Å². The maximum Gasteiger partial charge on any atom is 0.153 e. The summed E-state index contributed by atoms with van der Waals surface area (Å²) in [7, 11) is 0. The molecule has 0 heterocycles. The zero-order valence-electron chi connectivity index (χ0n) is 3.01. The maximum absolute atomic E-state index is 4.46. The van der Waals surface area contributed by atoms with Crippen molar-refractivity contribution in [2.24, 2.45) is 0 Å². The second-order valence-electron chi connectivity index (χ2n) is 0.572. The molecule has 0 aromatic carbocycles. The standard InChI is InChI=1S/CH3NS4.Ni/c3-1(4)2(5)6;/h5-6H,(H,3,4);. The Bertz CT molecular complexity index is 62.7. The zero-order valence-corrected chi connectivity index (χ0v) is 7.50. The van der Waals surface area contributed by atoms with Crippen molar-refractivity contribution in [3.8, 4) is 0 Å². The van der Waals surface area contributed by atoms with Gasteiger partial charge in [0, 0.05) is 16.5 Å². The maximum atomic E-state index is 4.46. The van der Waals surface area contributed by atoms with Gasteiger partial charge in [-0.3, -0.25) is 0 Å². The molecule has 46 valence electrons. The van der Waals surface area contributed by atoms with Gasteiger partial charge < -0.3 is 0 Å². The third-order valence-electron chi connectivity index (χ3n) is 0.171. The van der Waals surface area contributed by atoms with Crippen LogP contribution in [0, 0.1) is 0 Å². The molecule has 0 aromatic heterocycles. The summed E-state index contributed by atoms with van der Waals surface area (Å²) in [6.45, 7) is 0. The van der Waals surface area contributed by atoms with E-state index >= 15 is 0 Å². The van der Waals surface area contributed by atoms with Crippen molar-refractivity contribution in [1.29, 1.82) is 0 Å². The van der Waals surface area contributed by atoms with E-state index in [1.54, 1.807) is 0 Å². The minimum atomic E-state index is 0. The zero-order chi connectivity index (χ0) is 5.15. The summed E-state index contributed by atoms with van der Waals surface area (Å²) >= 11 is 15.5. The van der Waals surface area contributed by atoms with Gasteiger partial charge in [-0.15, -0.1) is 12.6 Å². The molecule has 0 N–H and O–H groups in total. The van der Waals surface area contributed by atoms with Crippen LogP contribution < -0.4 is 0 Å². The van der Waals surface area contributed by atoms with E-state index in [1.165, 1.54) is 0 Å². The van der Waals surface area contributed by atoms with E-state index < -0.39 is 0 Å². The molecule has 7 heavy (non-hydrogen) atoms. The predicted octanol–water partition coefficient (Wildman–Crippen LogP) is 1.19. The van der Waals surface area contributed by atoms with E-state index in [-0.39, 0.29) is 16.5 Å². The molecule has 0 aliphatic rings. The Hall–Kier alpha value is 1.43. The Morgan fingerprint density at radius 1 is 1.43 bits per heavy atom. The smallest absolute Gasteiger partial charge is 0.153 e. The van der Waals surface area contributed by atoms with Gasteiger partial charge in [0.2, 0.25) is 0 Å². The number of thiocarbonyl (C=S) groups is 1. The first-order valence-electron chi connectivity index (χ1n) is 1.05. The van der Waals surface area contributed by atoms with E-state index in [2.05, 4.69) is 50.5 Å². The van der Waals surface area contributed by atoms with Crippen molar-refractivity contribution >= 4 is 54.8 Å². The van der Waals surface area contributed by atoms with Gasteiger partial charge in [0.25, 0.3) is 0 Å². The van der Waals surface area contributed by atoms with Crippen molar-refractivity contribution in [3.05, 3.63) is 0 Å². The molecular formula is CH3NNiS4. The Kier molecular flexibility index (Phi) is 8.96. The Balaban J connectivity index is 0. The fourth-order valence-electron chi connectivity index (χ4n) is 0. The number of hydrogen-bond acceptors (Lipinski definition) is 3. The third kappa shape index (κ3) is 7.43. The molecule has 6 heteroatoms. The van der Waals surface area contributed by atoms with Crippen molar-refractivity contribution in [2.75, 3.05) is 0 Å². The first-order chi connectivity index (χ1) is 2.64. The molecule has 0 aromatic rings. The monoisotopic (exact) mass is 215 g/mol. The van der Waals surface area contributed by atoms with Crippen LogP contribution >= 0.6 is 50.5 Å². The Morgan fingerprint density at radius 3 is 1.57 bits per heavy atom. The van der Waals surface area contributed by atoms with Gasteiger partial charge in [-0.1, -0.05) is 37.8 Å². The molecular weight excluding hydrogens is 213 g/mol. The van der Waals surface area contributed by atoms with Crippen LogP contribution in [-0.4, -0.2) is 8.03 Å². The summed E-state index contributed by atoms with van der Waals surface area (Å²) in [4.78, 5) is 0. The SMILES string of the molecule is S=C(S)N(S)S.[Ni]. The summed E-state index contributed by atoms with van der Waals surface area (Å²) in [6.07, 6.45) is 0. The van der Waals surface area contributed by atoms with Crippen LogP contribution in [0.2, 0.25) is 0 Å². The minimum absolute atomic E-state index is 0. The van der Waals surface area contributed by atoms with Crippen molar-refractivity contribution < 1.29 is 16.5 Å². The fourth-order valence-corrected chi connectivity index (χ4v) is 0. The molecule has 0 spiro atoms. The molecule has 0 atom stereocenters. The van der Waals surface area contributed by atoms with Gasteiger partial charge >= 0.3 is 0 Å². The molecule has 0 saturated heterocycles. The molecule has 0 aliphatic heterocycles. The molecule has 0 aliphatic carbocycles. The van der Waals surface area contributed by atoms with Crippen molar-refractivity contribution in [2.45, 2.75) is 0 Å². The van der Waals surface area contributed by atoms with Gasteiger partial charge in [0.15, 0.2) is 4.32 Å². The molecule has 0 saturated carbocycles. The van der Waals surface area contributed by atoms with Crippen LogP contribution in [0.4, 0.5) is 0 Å². The van der Waals surface area contributed by atoms with E-state index in [9.17, 15) is 0 Å². The molecule has 1 nitrogen and oxygen atoms in total. The first-order valence-corrected chi connectivity index (χ1v) is 2.71. The van der Waals surface area contributed by atoms with Gasteiger partial charge in [-0.25, -0.2) is 3.71 Å². The summed E-state index contributed by atoms with van der Waals surface area (Å²) in [5, 5.41) is 0.